The molecule has 0 saturated carbocycles. The molecular formula is C12H23N3O3. The van der Waals surface area contributed by atoms with Crippen molar-refractivity contribution in [3.05, 3.63) is 0 Å². The average Bonchev–Trinajstić information content (AvgIpc) is 2.34. The molecule has 2 amide bonds. The van der Waals surface area contributed by atoms with Gasteiger partial charge >= 0.3 is 0 Å². The fraction of sp³-hybridized carbons (Fsp3) is 0.833. The number of nitrogens with one attached hydrogen (secondary N) is 2. The summed E-state index contributed by atoms with van der Waals surface area (Å²) in [5.41, 5.74) is -0.355. The van der Waals surface area contributed by atoms with Crippen LogP contribution in [0.1, 0.15) is 20.8 Å². The van der Waals surface area contributed by atoms with Gasteiger partial charge in [-0.1, -0.05) is 0 Å². The van der Waals surface area contributed by atoms with E-state index >= 15 is 0 Å². The van der Waals surface area contributed by atoms with Gasteiger partial charge in [-0.15, -0.1) is 0 Å². The highest BCUT2D eigenvalue weighted by Gasteiger charge is 2.31. The second-order valence-electron chi connectivity index (χ2n) is 5.32. The van der Waals surface area contributed by atoms with Crippen molar-refractivity contribution < 1.29 is 14.3 Å². The van der Waals surface area contributed by atoms with Crippen LogP contribution in [-0.4, -0.2) is 61.6 Å². The lowest BCUT2D eigenvalue weighted by molar-refractivity contribution is -0.148. The maximum absolute atomic E-state index is 12.1. The highest BCUT2D eigenvalue weighted by atomic mass is 16.5. The highest BCUT2D eigenvalue weighted by molar-refractivity contribution is 5.88. The number of likely N-dealkylation sites (N-methyl/N-ethyl adjacent to an activating group) is 1. The van der Waals surface area contributed by atoms with E-state index in [2.05, 4.69) is 10.6 Å². The third-order valence-corrected chi connectivity index (χ3v) is 2.74. The molecule has 6 nitrogen and oxygen atoms in total. The molecule has 6 heteroatoms. The minimum absolute atomic E-state index is 0.0109. The summed E-state index contributed by atoms with van der Waals surface area (Å²) >= 11 is 0. The number of piperazine rings is 1. The number of nitrogens with zero attached hydrogens (tertiary/aromatic N) is 1. The van der Waals surface area contributed by atoms with Crippen molar-refractivity contribution in [1.29, 1.82) is 0 Å². The molecule has 1 heterocycles. The number of rotatable bonds is 3. The van der Waals surface area contributed by atoms with Crippen LogP contribution in [0, 0.1) is 0 Å². The van der Waals surface area contributed by atoms with Gasteiger partial charge in [-0.3, -0.25) is 9.59 Å². The lowest BCUT2D eigenvalue weighted by atomic mass is 10.1. The summed E-state index contributed by atoms with van der Waals surface area (Å²) in [6.07, 6.45) is 0. The van der Waals surface area contributed by atoms with Gasteiger partial charge in [0.25, 0.3) is 0 Å². The quantitative estimate of drug-likeness (QED) is 0.705. The Morgan fingerprint density at radius 1 is 1.44 bits per heavy atom. The first-order chi connectivity index (χ1) is 8.35. The van der Waals surface area contributed by atoms with Crippen LogP contribution in [0.3, 0.4) is 0 Å². The Labute approximate surface area is 108 Å². The Morgan fingerprint density at radius 3 is 2.67 bits per heavy atom. The van der Waals surface area contributed by atoms with Crippen LogP contribution in [0.15, 0.2) is 0 Å². The molecular weight excluding hydrogens is 234 g/mol. The number of amides is 2. The fourth-order valence-electron chi connectivity index (χ4n) is 1.76. The van der Waals surface area contributed by atoms with E-state index in [1.165, 1.54) is 0 Å². The van der Waals surface area contributed by atoms with E-state index in [-0.39, 0.29) is 24.0 Å². The molecule has 0 aromatic heterocycles. The maximum atomic E-state index is 12.1. The molecule has 2 N–H and O–H groups in total. The molecule has 1 atom stereocenters. The summed E-state index contributed by atoms with van der Waals surface area (Å²) in [5, 5.41) is 5.69. The van der Waals surface area contributed by atoms with Crippen molar-refractivity contribution in [2.45, 2.75) is 32.4 Å². The number of hydrogen-bond donors (Lipinski definition) is 2. The predicted octanol–water partition coefficient (Wildman–Crippen LogP) is -0.652. The average molecular weight is 257 g/mol. The van der Waals surface area contributed by atoms with E-state index in [1.54, 1.807) is 11.9 Å². The van der Waals surface area contributed by atoms with Crippen molar-refractivity contribution in [3.8, 4) is 0 Å². The molecule has 1 aliphatic rings. The monoisotopic (exact) mass is 257 g/mol. The first-order valence-corrected chi connectivity index (χ1v) is 6.21. The van der Waals surface area contributed by atoms with E-state index in [1.807, 2.05) is 20.8 Å². The molecule has 1 unspecified atom stereocenters. The first kappa shape index (κ1) is 14.9. The predicted molar refractivity (Wildman–Crippen MR) is 68.1 cm³/mol. The Kier molecular flexibility index (Phi) is 5.10. The second kappa shape index (κ2) is 6.15. The van der Waals surface area contributed by atoms with Crippen molar-refractivity contribution >= 4 is 11.8 Å². The van der Waals surface area contributed by atoms with Crippen LogP contribution < -0.4 is 10.6 Å². The largest absolute Gasteiger partial charge is 0.366 e. The molecule has 18 heavy (non-hydrogen) atoms. The van der Waals surface area contributed by atoms with Gasteiger partial charge in [0.05, 0.1) is 5.60 Å². The van der Waals surface area contributed by atoms with Crippen molar-refractivity contribution in [2.24, 2.45) is 0 Å². The van der Waals surface area contributed by atoms with Gasteiger partial charge in [-0.2, -0.15) is 0 Å². The molecule has 0 spiro atoms. The number of carbonyl (C=O) groups excluding carboxylic acids is 2. The summed E-state index contributed by atoms with van der Waals surface area (Å²) in [6, 6.07) is -0.445. The van der Waals surface area contributed by atoms with Gasteiger partial charge in [-0.05, 0) is 20.8 Å². The molecule has 0 aromatic carbocycles. The van der Waals surface area contributed by atoms with Gasteiger partial charge in [0.2, 0.25) is 11.8 Å². The van der Waals surface area contributed by atoms with Gasteiger partial charge in [0.1, 0.15) is 12.6 Å². The third-order valence-electron chi connectivity index (χ3n) is 2.74. The number of carbonyl (C=O) groups is 2. The van der Waals surface area contributed by atoms with Gasteiger partial charge in [0, 0.05) is 26.7 Å². The summed E-state index contributed by atoms with van der Waals surface area (Å²) in [7, 11) is 1.57. The van der Waals surface area contributed by atoms with E-state index in [9.17, 15) is 9.59 Å². The second-order valence-corrected chi connectivity index (χ2v) is 5.32. The standard InChI is InChI=1S/C12H23N3O3/c1-12(2,3)18-8-10(16)15-6-5-14-7-9(15)11(17)13-4/h9,14H,5-8H2,1-4H3,(H,13,17). The molecule has 1 aliphatic heterocycles. The zero-order valence-corrected chi connectivity index (χ0v) is 11.6. The SMILES string of the molecule is CNC(=O)C1CNCCN1C(=O)COC(C)(C)C. The van der Waals surface area contributed by atoms with E-state index < -0.39 is 6.04 Å². The third kappa shape index (κ3) is 4.27. The molecule has 1 saturated heterocycles. The van der Waals surface area contributed by atoms with E-state index in [4.69, 9.17) is 4.74 Å². The molecule has 0 aliphatic carbocycles. The lowest BCUT2D eigenvalue weighted by Gasteiger charge is -2.35. The van der Waals surface area contributed by atoms with Crippen LogP contribution in [0.4, 0.5) is 0 Å². The van der Waals surface area contributed by atoms with Crippen molar-refractivity contribution in [2.75, 3.05) is 33.3 Å². The van der Waals surface area contributed by atoms with Crippen molar-refractivity contribution in [3.63, 3.8) is 0 Å². The summed E-state index contributed by atoms with van der Waals surface area (Å²) in [5.74, 6) is -0.286. The Morgan fingerprint density at radius 2 is 2.11 bits per heavy atom. The molecule has 104 valence electrons. The van der Waals surface area contributed by atoms with Crippen LogP contribution >= 0.6 is 0 Å². The fourth-order valence-corrected chi connectivity index (χ4v) is 1.76. The van der Waals surface area contributed by atoms with Crippen LogP contribution in [0.25, 0.3) is 0 Å². The number of hydrogen-bond acceptors (Lipinski definition) is 4. The minimum Gasteiger partial charge on any atom is -0.366 e. The van der Waals surface area contributed by atoms with E-state index in [0.717, 1.165) is 0 Å². The highest BCUT2D eigenvalue weighted by Crippen LogP contribution is 2.09. The molecule has 1 fully saturated rings. The van der Waals surface area contributed by atoms with Gasteiger partial charge in [0.15, 0.2) is 0 Å². The van der Waals surface area contributed by atoms with Crippen LogP contribution in [0.5, 0.6) is 0 Å². The molecule has 0 bridgehead atoms. The normalized spacial score (nSPS) is 20.7. The molecule has 0 aromatic rings. The van der Waals surface area contributed by atoms with E-state index in [0.29, 0.717) is 19.6 Å². The van der Waals surface area contributed by atoms with Crippen molar-refractivity contribution in [1.82, 2.24) is 15.5 Å². The van der Waals surface area contributed by atoms with Crippen LogP contribution in [0.2, 0.25) is 0 Å². The summed E-state index contributed by atoms with van der Waals surface area (Å²) in [4.78, 5) is 25.4. The Balaban J connectivity index is 2.60. The number of ether oxygens (including phenoxy) is 1. The topological polar surface area (TPSA) is 70.7 Å². The molecule has 1 rings (SSSR count). The van der Waals surface area contributed by atoms with Gasteiger partial charge in [-0.25, -0.2) is 0 Å². The zero-order chi connectivity index (χ0) is 13.8. The molecule has 0 radical (unpaired) electrons. The first-order valence-electron chi connectivity index (χ1n) is 6.21. The van der Waals surface area contributed by atoms with Gasteiger partial charge < -0.3 is 20.3 Å². The summed E-state index contributed by atoms with van der Waals surface area (Å²) in [6.45, 7) is 7.42. The minimum atomic E-state index is -0.445. The Bertz CT molecular complexity index is 312. The lowest BCUT2D eigenvalue weighted by Crippen LogP contribution is -2.60. The summed E-state index contributed by atoms with van der Waals surface area (Å²) < 4.78 is 5.46. The Hall–Kier alpha value is -1.14. The zero-order valence-electron chi connectivity index (χ0n) is 11.6. The smallest absolute Gasteiger partial charge is 0.249 e. The van der Waals surface area contributed by atoms with Crippen LogP contribution in [-0.2, 0) is 14.3 Å². The maximum Gasteiger partial charge on any atom is 0.249 e.